The van der Waals surface area contributed by atoms with Gasteiger partial charge in [0.05, 0.1) is 30.8 Å². The highest BCUT2D eigenvalue weighted by atomic mass is 16.5. The quantitative estimate of drug-likeness (QED) is 0.605. The van der Waals surface area contributed by atoms with E-state index in [0.717, 1.165) is 67.2 Å². The normalized spacial score (nSPS) is 19.1. The molecule has 0 amide bonds. The van der Waals surface area contributed by atoms with E-state index < -0.39 is 0 Å². The number of ether oxygens (including phenoxy) is 1. The highest BCUT2D eigenvalue weighted by Crippen LogP contribution is 2.24. The molecule has 33 heavy (non-hydrogen) atoms. The fraction of sp³-hybridized carbons (Fsp3) is 0.462. The molecule has 1 aliphatic carbocycles. The molecule has 7 nitrogen and oxygen atoms in total. The number of aromatic nitrogens is 2. The minimum Gasteiger partial charge on any atom is -0.381 e. The highest BCUT2D eigenvalue weighted by Gasteiger charge is 2.24. The first kappa shape index (κ1) is 21.9. The van der Waals surface area contributed by atoms with E-state index in [4.69, 9.17) is 4.74 Å². The van der Waals surface area contributed by atoms with Crippen LogP contribution in [-0.2, 0) is 22.5 Å². The number of allylic oxidation sites excluding steroid dienone is 1. The van der Waals surface area contributed by atoms with Crippen LogP contribution in [-0.4, -0.2) is 65.8 Å². The molecule has 2 aromatic heterocycles. The van der Waals surface area contributed by atoms with Gasteiger partial charge in [-0.05, 0) is 41.3 Å². The number of carbonyl (C=O) groups is 2. The van der Waals surface area contributed by atoms with Crippen molar-refractivity contribution in [2.75, 3.05) is 44.3 Å². The molecule has 0 N–H and O–H groups in total. The molecule has 0 radical (unpaired) electrons. The average Bonchev–Trinajstić information content (AvgIpc) is 2.81. The Morgan fingerprint density at radius 1 is 1.12 bits per heavy atom. The van der Waals surface area contributed by atoms with Gasteiger partial charge >= 0.3 is 0 Å². The van der Waals surface area contributed by atoms with Gasteiger partial charge in [-0.1, -0.05) is 13.0 Å². The minimum atomic E-state index is 0.0986. The van der Waals surface area contributed by atoms with Gasteiger partial charge in [-0.15, -0.1) is 0 Å². The van der Waals surface area contributed by atoms with Crippen LogP contribution in [0.25, 0.3) is 6.08 Å². The number of hydrogen-bond acceptors (Lipinski definition) is 7. The lowest BCUT2D eigenvalue weighted by molar-refractivity contribution is -0.115. The highest BCUT2D eigenvalue weighted by molar-refractivity contribution is 6.03. The van der Waals surface area contributed by atoms with Crippen molar-refractivity contribution in [1.29, 1.82) is 0 Å². The lowest BCUT2D eigenvalue weighted by Crippen LogP contribution is -2.46. The molecule has 0 unspecified atom stereocenters. The van der Waals surface area contributed by atoms with Crippen LogP contribution in [0.2, 0.25) is 0 Å². The van der Waals surface area contributed by atoms with Crippen LogP contribution >= 0.6 is 0 Å². The van der Waals surface area contributed by atoms with Crippen molar-refractivity contribution in [2.24, 2.45) is 5.92 Å². The summed E-state index contributed by atoms with van der Waals surface area (Å²) < 4.78 is 5.15. The van der Waals surface area contributed by atoms with Crippen molar-refractivity contribution in [1.82, 2.24) is 14.9 Å². The number of carbonyl (C=O) groups excluding carboxylic acids is 2. The third-order valence-corrected chi connectivity index (χ3v) is 6.82. The van der Waals surface area contributed by atoms with Gasteiger partial charge in [-0.3, -0.25) is 24.5 Å². The van der Waals surface area contributed by atoms with Crippen LogP contribution in [0.3, 0.4) is 0 Å². The third kappa shape index (κ3) is 4.89. The second kappa shape index (κ2) is 9.53. The van der Waals surface area contributed by atoms with Gasteiger partial charge in [0, 0.05) is 57.7 Å². The second-order valence-electron chi connectivity index (χ2n) is 9.21. The van der Waals surface area contributed by atoms with Gasteiger partial charge in [0.2, 0.25) is 0 Å². The lowest BCUT2D eigenvalue weighted by atomic mass is 9.92. The molecule has 0 atom stereocenters. The Morgan fingerprint density at radius 3 is 2.61 bits per heavy atom. The molecule has 2 aromatic rings. The van der Waals surface area contributed by atoms with Crippen molar-refractivity contribution in [2.45, 2.75) is 32.7 Å². The number of hydrogen-bond donors (Lipinski definition) is 0. The predicted molar refractivity (Wildman–Crippen MR) is 126 cm³/mol. The van der Waals surface area contributed by atoms with E-state index in [-0.39, 0.29) is 11.6 Å². The van der Waals surface area contributed by atoms with Crippen LogP contribution in [0, 0.1) is 5.92 Å². The summed E-state index contributed by atoms with van der Waals surface area (Å²) in [4.78, 5) is 38.4. The summed E-state index contributed by atoms with van der Waals surface area (Å²) in [5, 5.41) is 0. The number of ketones is 2. The summed E-state index contributed by atoms with van der Waals surface area (Å²) >= 11 is 0. The molecule has 0 bridgehead atoms. The molecular formula is C26H30N4O3. The topological polar surface area (TPSA) is 75.6 Å². The first-order valence-electron chi connectivity index (χ1n) is 11.8. The van der Waals surface area contributed by atoms with Crippen LogP contribution in [0.15, 0.2) is 36.2 Å². The van der Waals surface area contributed by atoms with Gasteiger partial charge in [0.25, 0.3) is 0 Å². The fourth-order valence-corrected chi connectivity index (χ4v) is 4.69. The summed E-state index contributed by atoms with van der Waals surface area (Å²) in [6.45, 7) is 7.93. The van der Waals surface area contributed by atoms with Crippen LogP contribution < -0.4 is 4.90 Å². The van der Waals surface area contributed by atoms with Crippen molar-refractivity contribution >= 4 is 23.3 Å². The molecule has 2 fully saturated rings. The SMILES string of the molecule is CCC1=Cc2ncc(CN3CCN(c4ccc(C(=O)CC5COC5)nc4)CC3)cc2CC1=O. The number of rotatable bonds is 7. The number of piperazine rings is 1. The molecule has 4 heterocycles. The van der Waals surface area contributed by atoms with Crippen LogP contribution in [0.5, 0.6) is 0 Å². The van der Waals surface area contributed by atoms with Crippen LogP contribution in [0.4, 0.5) is 5.69 Å². The van der Waals surface area contributed by atoms with E-state index in [1.807, 2.05) is 37.5 Å². The van der Waals surface area contributed by atoms with E-state index in [1.54, 1.807) is 0 Å². The maximum absolute atomic E-state index is 12.3. The van der Waals surface area contributed by atoms with E-state index in [9.17, 15) is 9.59 Å². The van der Waals surface area contributed by atoms with Gasteiger partial charge in [0.1, 0.15) is 5.69 Å². The van der Waals surface area contributed by atoms with Crippen molar-refractivity contribution in [3.63, 3.8) is 0 Å². The van der Waals surface area contributed by atoms with Gasteiger partial charge in [-0.2, -0.15) is 0 Å². The predicted octanol–water partition coefficient (Wildman–Crippen LogP) is 2.94. The summed E-state index contributed by atoms with van der Waals surface area (Å²) in [6, 6.07) is 6.00. The van der Waals surface area contributed by atoms with Crippen molar-refractivity contribution in [3.05, 3.63) is 58.7 Å². The Hall–Kier alpha value is -2.90. The average molecular weight is 447 g/mol. The monoisotopic (exact) mass is 446 g/mol. The van der Waals surface area contributed by atoms with Crippen LogP contribution in [0.1, 0.15) is 47.1 Å². The van der Waals surface area contributed by atoms with Gasteiger partial charge < -0.3 is 9.64 Å². The second-order valence-corrected chi connectivity index (χ2v) is 9.21. The Balaban J connectivity index is 1.15. The smallest absolute Gasteiger partial charge is 0.181 e. The van der Waals surface area contributed by atoms with E-state index in [0.29, 0.717) is 37.7 Å². The number of anilines is 1. The Labute approximate surface area is 194 Å². The Bertz CT molecular complexity index is 1070. The first-order valence-corrected chi connectivity index (χ1v) is 11.8. The number of Topliss-reactive ketones (excluding diaryl/α,β-unsaturated/α-hetero) is 2. The van der Waals surface area contributed by atoms with Crippen molar-refractivity contribution < 1.29 is 14.3 Å². The zero-order chi connectivity index (χ0) is 22.8. The number of pyridine rings is 2. The van der Waals surface area contributed by atoms with E-state index in [1.165, 1.54) is 0 Å². The Kier molecular flexibility index (Phi) is 6.33. The fourth-order valence-electron chi connectivity index (χ4n) is 4.69. The molecule has 2 aliphatic heterocycles. The molecule has 172 valence electrons. The summed E-state index contributed by atoms with van der Waals surface area (Å²) in [5.74, 6) is 0.667. The summed E-state index contributed by atoms with van der Waals surface area (Å²) in [6.07, 6.45) is 7.45. The molecule has 3 aliphatic rings. The van der Waals surface area contributed by atoms with E-state index >= 15 is 0 Å². The molecular weight excluding hydrogens is 416 g/mol. The maximum Gasteiger partial charge on any atom is 0.181 e. The Morgan fingerprint density at radius 2 is 1.94 bits per heavy atom. The molecule has 5 rings (SSSR count). The largest absolute Gasteiger partial charge is 0.381 e. The molecule has 0 aromatic carbocycles. The number of fused-ring (bicyclic) bond motifs is 1. The zero-order valence-electron chi connectivity index (χ0n) is 19.1. The molecule has 0 saturated carbocycles. The van der Waals surface area contributed by atoms with Gasteiger partial charge in [-0.25, -0.2) is 0 Å². The number of nitrogens with zero attached hydrogens (tertiary/aromatic N) is 4. The van der Waals surface area contributed by atoms with Gasteiger partial charge in [0.15, 0.2) is 11.6 Å². The first-order chi connectivity index (χ1) is 16.1. The summed E-state index contributed by atoms with van der Waals surface area (Å²) in [7, 11) is 0. The minimum absolute atomic E-state index is 0.0986. The lowest BCUT2D eigenvalue weighted by Gasteiger charge is -2.36. The maximum atomic E-state index is 12.3. The standard InChI is InChI=1S/C26H30N4O3/c1-2-20-11-24-21(12-25(20)31)9-18(13-27-24)15-29-5-7-30(8-6-29)22-3-4-23(28-14-22)26(32)10-19-16-33-17-19/h3-4,9,11,13-14,19H,2,5-8,10,12,15-17H2,1H3. The molecule has 0 spiro atoms. The molecule has 2 saturated heterocycles. The third-order valence-electron chi connectivity index (χ3n) is 6.82. The van der Waals surface area contributed by atoms with Crippen molar-refractivity contribution in [3.8, 4) is 0 Å². The molecule has 7 heteroatoms. The summed E-state index contributed by atoms with van der Waals surface area (Å²) in [5.41, 5.74) is 5.62. The zero-order valence-corrected chi connectivity index (χ0v) is 19.1. The van der Waals surface area contributed by atoms with E-state index in [2.05, 4.69) is 25.8 Å².